The predicted octanol–water partition coefficient (Wildman–Crippen LogP) is 1.02. The average molecular weight is 311 g/mol. The summed E-state index contributed by atoms with van der Waals surface area (Å²) in [5.41, 5.74) is 0.603. The van der Waals surface area contributed by atoms with Gasteiger partial charge in [0.2, 0.25) is 15.9 Å². The van der Waals surface area contributed by atoms with Crippen molar-refractivity contribution in [1.82, 2.24) is 9.62 Å². The monoisotopic (exact) mass is 311 g/mol. The number of likely N-dealkylation sites (N-methyl/N-ethyl adjacent to an activating group) is 1. The molecule has 0 saturated carbocycles. The van der Waals surface area contributed by atoms with Gasteiger partial charge in [-0.2, -0.15) is 4.31 Å². The van der Waals surface area contributed by atoms with Crippen LogP contribution in [0.3, 0.4) is 0 Å². The zero-order valence-electron chi connectivity index (χ0n) is 12.3. The number of amides is 1. The summed E-state index contributed by atoms with van der Waals surface area (Å²) in [6.07, 6.45) is 1.21. The van der Waals surface area contributed by atoms with E-state index < -0.39 is 10.0 Å². The van der Waals surface area contributed by atoms with Crippen molar-refractivity contribution in [2.45, 2.75) is 30.7 Å². The molecule has 0 radical (unpaired) electrons. The van der Waals surface area contributed by atoms with E-state index in [0.717, 1.165) is 13.0 Å². The largest absolute Gasteiger partial charge is 0.326 e. The summed E-state index contributed by atoms with van der Waals surface area (Å²) in [7, 11) is -1.88. The van der Waals surface area contributed by atoms with Crippen molar-refractivity contribution >= 4 is 21.6 Å². The van der Waals surface area contributed by atoms with Crippen LogP contribution in [0.15, 0.2) is 29.2 Å². The predicted molar refractivity (Wildman–Crippen MR) is 81.6 cm³/mol. The number of benzene rings is 1. The maximum Gasteiger partial charge on any atom is 0.243 e. The Morgan fingerprint density at radius 3 is 2.57 bits per heavy atom. The van der Waals surface area contributed by atoms with Gasteiger partial charge in [0.25, 0.3) is 0 Å². The van der Waals surface area contributed by atoms with Crippen LogP contribution in [0.2, 0.25) is 0 Å². The fourth-order valence-corrected chi connectivity index (χ4v) is 3.66. The van der Waals surface area contributed by atoms with Crippen molar-refractivity contribution in [3.63, 3.8) is 0 Å². The van der Waals surface area contributed by atoms with E-state index >= 15 is 0 Å². The van der Waals surface area contributed by atoms with Crippen LogP contribution >= 0.6 is 0 Å². The van der Waals surface area contributed by atoms with Crippen molar-refractivity contribution in [2.75, 3.05) is 25.5 Å². The number of hydrogen-bond donors (Lipinski definition) is 2. The van der Waals surface area contributed by atoms with E-state index in [1.165, 1.54) is 16.4 Å². The molecule has 1 atom stereocenters. The first-order valence-electron chi connectivity index (χ1n) is 7.04. The number of hydrogen-bond acceptors (Lipinski definition) is 4. The second kappa shape index (κ2) is 6.55. The quantitative estimate of drug-likeness (QED) is 0.851. The Hall–Kier alpha value is -1.44. The summed E-state index contributed by atoms with van der Waals surface area (Å²) < 4.78 is 26.5. The van der Waals surface area contributed by atoms with Crippen molar-refractivity contribution in [2.24, 2.45) is 0 Å². The summed E-state index contributed by atoms with van der Waals surface area (Å²) in [5, 5.41) is 5.86. The SMILES string of the molecule is CCC(=O)Nc1ccc(S(=O)(=O)N(C)C2CCNC2)cc1. The summed E-state index contributed by atoms with van der Waals surface area (Å²) in [4.78, 5) is 11.5. The molecule has 7 heteroatoms. The molecule has 0 bridgehead atoms. The van der Waals surface area contributed by atoms with Crippen molar-refractivity contribution < 1.29 is 13.2 Å². The maximum atomic E-state index is 12.5. The van der Waals surface area contributed by atoms with Gasteiger partial charge in [-0.25, -0.2) is 8.42 Å². The lowest BCUT2D eigenvalue weighted by Crippen LogP contribution is -2.38. The average Bonchev–Trinajstić information content (AvgIpc) is 3.01. The van der Waals surface area contributed by atoms with Gasteiger partial charge >= 0.3 is 0 Å². The molecule has 1 heterocycles. The summed E-state index contributed by atoms with van der Waals surface area (Å²) in [5.74, 6) is -0.0974. The van der Waals surface area contributed by atoms with Gasteiger partial charge in [-0.15, -0.1) is 0 Å². The number of nitrogens with one attached hydrogen (secondary N) is 2. The molecular weight excluding hydrogens is 290 g/mol. The molecule has 1 fully saturated rings. The van der Waals surface area contributed by atoms with Crippen LogP contribution in [0, 0.1) is 0 Å². The molecule has 0 spiro atoms. The zero-order valence-corrected chi connectivity index (χ0v) is 13.1. The lowest BCUT2D eigenvalue weighted by molar-refractivity contribution is -0.115. The Bertz CT molecular complexity index is 592. The molecule has 116 valence electrons. The molecule has 1 unspecified atom stereocenters. The number of sulfonamides is 1. The Morgan fingerprint density at radius 2 is 2.05 bits per heavy atom. The molecular formula is C14H21N3O3S. The lowest BCUT2D eigenvalue weighted by Gasteiger charge is -2.23. The highest BCUT2D eigenvalue weighted by atomic mass is 32.2. The molecule has 1 aromatic rings. The Kier molecular flexibility index (Phi) is 4.97. The normalized spacial score (nSPS) is 18.9. The second-order valence-electron chi connectivity index (χ2n) is 5.09. The van der Waals surface area contributed by atoms with Crippen LogP contribution in [-0.4, -0.2) is 44.8 Å². The third kappa shape index (κ3) is 3.61. The van der Waals surface area contributed by atoms with Crippen LogP contribution in [-0.2, 0) is 14.8 Å². The first kappa shape index (κ1) is 15.9. The standard InChI is InChI=1S/C14H21N3O3S/c1-3-14(18)16-11-4-6-13(7-5-11)21(19,20)17(2)12-8-9-15-10-12/h4-7,12,15H,3,8-10H2,1-2H3,(H,16,18). The van der Waals surface area contributed by atoms with Gasteiger partial charge in [0.1, 0.15) is 0 Å². The molecule has 0 aliphatic carbocycles. The number of carbonyl (C=O) groups excluding carboxylic acids is 1. The van der Waals surface area contributed by atoms with Crippen LogP contribution in [0.5, 0.6) is 0 Å². The zero-order chi connectivity index (χ0) is 15.5. The second-order valence-corrected chi connectivity index (χ2v) is 7.09. The van der Waals surface area contributed by atoms with E-state index in [9.17, 15) is 13.2 Å². The Labute approximate surface area is 125 Å². The topological polar surface area (TPSA) is 78.5 Å². The van der Waals surface area contributed by atoms with Gasteiger partial charge in [0.15, 0.2) is 0 Å². The molecule has 1 saturated heterocycles. The van der Waals surface area contributed by atoms with Crippen LogP contribution in [0.1, 0.15) is 19.8 Å². The molecule has 1 amide bonds. The Balaban J connectivity index is 2.14. The van der Waals surface area contributed by atoms with Gasteiger partial charge < -0.3 is 10.6 Å². The lowest BCUT2D eigenvalue weighted by atomic mass is 10.3. The van der Waals surface area contributed by atoms with E-state index in [1.807, 2.05) is 0 Å². The molecule has 1 aromatic carbocycles. The van der Waals surface area contributed by atoms with E-state index in [4.69, 9.17) is 0 Å². The smallest absolute Gasteiger partial charge is 0.243 e. The van der Waals surface area contributed by atoms with E-state index in [1.54, 1.807) is 26.1 Å². The first-order valence-corrected chi connectivity index (χ1v) is 8.48. The van der Waals surface area contributed by atoms with E-state index in [0.29, 0.717) is 18.7 Å². The molecule has 0 aromatic heterocycles. The first-order chi connectivity index (χ1) is 9.95. The number of anilines is 1. The maximum absolute atomic E-state index is 12.5. The highest BCUT2D eigenvalue weighted by Gasteiger charge is 2.29. The van der Waals surface area contributed by atoms with Gasteiger partial charge in [0.05, 0.1) is 4.90 Å². The molecule has 21 heavy (non-hydrogen) atoms. The van der Waals surface area contributed by atoms with Crippen LogP contribution < -0.4 is 10.6 Å². The summed E-state index contributed by atoms with van der Waals surface area (Å²) in [6.45, 7) is 3.28. The highest BCUT2D eigenvalue weighted by molar-refractivity contribution is 7.89. The molecule has 1 aliphatic rings. The Morgan fingerprint density at radius 1 is 1.38 bits per heavy atom. The molecule has 2 rings (SSSR count). The fraction of sp³-hybridized carbons (Fsp3) is 0.500. The van der Waals surface area contributed by atoms with Crippen molar-refractivity contribution in [3.05, 3.63) is 24.3 Å². The molecule has 1 aliphatic heterocycles. The molecule has 6 nitrogen and oxygen atoms in total. The number of carbonyl (C=O) groups is 1. The van der Waals surface area contributed by atoms with Gasteiger partial charge in [-0.05, 0) is 37.2 Å². The number of nitrogens with zero attached hydrogens (tertiary/aromatic N) is 1. The van der Waals surface area contributed by atoms with Crippen LogP contribution in [0.25, 0.3) is 0 Å². The third-order valence-corrected chi connectivity index (χ3v) is 5.61. The van der Waals surface area contributed by atoms with Gasteiger partial charge in [-0.1, -0.05) is 6.92 Å². The van der Waals surface area contributed by atoms with Crippen LogP contribution in [0.4, 0.5) is 5.69 Å². The minimum absolute atomic E-state index is 0.00512. The van der Waals surface area contributed by atoms with Crippen molar-refractivity contribution in [1.29, 1.82) is 0 Å². The highest BCUT2D eigenvalue weighted by Crippen LogP contribution is 2.21. The third-order valence-electron chi connectivity index (χ3n) is 3.68. The fourth-order valence-electron chi connectivity index (χ4n) is 2.27. The van der Waals surface area contributed by atoms with Gasteiger partial charge in [-0.3, -0.25) is 4.79 Å². The minimum atomic E-state index is -3.49. The van der Waals surface area contributed by atoms with Crippen molar-refractivity contribution in [3.8, 4) is 0 Å². The van der Waals surface area contributed by atoms with E-state index in [-0.39, 0.29) is 16.8 Å². The number of rotatable bonds is 5. The minimum Gasteiger partial charge on any atom is -0.326 e. The summed E-state index contributed by atoms with van der Waals surface area (Å²) in [6, 6.07) is 6.27. The molecule has 2 N–H and O–H groups in total. The van der Waals surface area contributed by atoms with E-state index in [2.05, 4.69) is 10.6 Å². The van der Waals surface area contributed by atoms with Gasteiger partial charge in [0, 0.05) is 31.7 Å². The summed E-state index contributed by atoms with van der Waals surface area (Å²) >= 11 is 0.